The first-order valence-electron chi connectivity index (χ1n) is 5.42. The van der Waals surface area contributed by atoms with Crippen LogP contribution < -0.4 is 5.32 Å². The molecule has 0 spiro atoms. The Morgan fingerprint density at radius 3 is 2.29 bits per heavy atom. The molecule has 0 saturated heterocycles. The van der Waals surface area contributed by atoms with E-state index in [1.54, 1.807) is 0 Å². The van der Waals surface area contributed by atoms with Gasteiger partial charge in [-0.3, -0.25) is 4.79 Å². The van der Waals surface area contributed by atoms with E-state index in [-0.39, 0.29) is 5.91 Å². The molecule has 0 rings (SSSR count). The van der Waals surface area contributed by atoms with Gasteiger partial charge in [0, 0.05) is 19.0 Å². The highest BCUT2D eigenvalue weighted by Gasteiger charge is 2.15. The summed E-state index contributed by atoms with van der Waals surface area (Å²) in [6.45, 7) is 7.13. The molecule has 3 nitrogen and oxygen atoms in total. The monoisotopic (exact) mass is 200 g/mol. The number of nitrogens with one attached hydrogen (secondary N) is 1. The third-order valence-electron chi connectivity index (χ3n) is 2.42. The van der Waals surface area contributed by atoms with Crippen LogP contribution in [0.25, 0.3) is 0 Å². The van der Waals surface area contributed by atoms with Crippen molar-refractivity contribution in [1.82, 2.24) is 10.2 Å². The minimum atomic E-state index is 0.167. The Labute approximate surface area is 87.9 Å². The number of rotatable bonds is 6. The Kier molecular flexibility index (Phi) is 6.54. The SMILES string of the molecule is CCCC(=O)NCC(C(C)C)N(C)C. The molecule has 1 unspecified atom stereocenters. The van der Waals surface area contributed by atoms with Gasteiger partial charge in [-0.1, -0.05) is 20.8 Å². The van der Waals surface area contributed by atoms with Crippen molar-refractivity contribution in [2.45, 2.75) is 39.7 Å². The van der Waals surface area contributed by atoms with Gasteiger partial charge >= 0.3 is 0 Å². The normalized spacial score (nSPS) is 13.4. The number of hydrogen-bond acceptors (Lipinski definition) is 2. The minimum Gasteiger partial charge on any atom is -0.355 e. The van der Waals surface area contributed by atoms with Crippen LogP contribution in [0.4, 0.5) is 0 Å². The summed E-state index contributed by atoms with van der Waals surface area (Å²) in [5.41, 5.74) is 0. The lowest BCUT2D eigenvalue weighted by Crippen LogP contribution is -2.43. The van der Waals surface area contributed by atoms with Gasteiger partial charge in [-0.05, 0) is 26.4 Å². The first kappa shape index (κ1) is 13.4. The number of likely N-dealkylation sites (N-methyl/N-ethyl adjacent to an activating group) is 1. The highest BCUT2D eigenvalue weighted by Crippen LogP contribution is 2.05. The van der Waals surface area contributed by atoms with E-state index in [0.29, 0.717) is 18.4 Å². The summed E-state index contributed by atoms with van der Waals surface area (Å²) in [6.07, 6.45) is 1.55. The van der Waals surface area contributed by atoms with Gasteiger partial charge in [0.05, 0.1) is 0 Å². The molecule has 0 aromatic rings. The van der Waals surface area contributed by atoms with Gasteiger partial charge in [-0.2, -0.15) is 0 Å². The van der Waals surface area contributed by atoms with Gasteiger partial charge in [0.2, 0.25) is 5.91 Å². The molecule has 0 fully saturated rings. The molecular weight excluding hydrogens is 176 g/mol. The van der Waals surface area contributed by atoms with Crippen LogP contribution in [0.15, 0.2) is 0 Å². The van der Waals surface area contributed by atoms with Gasteiger partial charge in [-0.15, -0.1) is 0 Å². The highest BCUT2D eigenvalue weighted by molar-refractivity contribution is 5.75. The van der Waals surface area contributed by atoms with Crippen molar-refractivity contribution < 1.29 is 4.79 Å². The fourth-order valence-electron chi connectivity index (χ4n) is 1.55. The van der Waals surface area contributed by atoms with Gasteiger partial charge in [0.1, 0.15) is 0 Å². The van der Waals surface area contributed by atoms with Crippen molar-refractivity contribution in [2.24, 2.45) is 5.92 Å². The second kappa shape index (κ2) is 6.82. The maximum Gasteiger partial charge on any atom is 0.220 e. The third-order valence-corrected chi connectivity index (χ3v) is 2.42. The van der Waals surface area contributed by atoms with Crippen molar-refractivity contribution in [2.75, 3.05) is 20.6 Å². The smallest absolute Gasteiger partial charge is 0.220 e. The summed E-state index contributed by atoms with van der Waals surface area (Å²) in [4.78, 5) is 13.4. The Hall–Kier alpha value is -0.570. The van der Waals surface area contributed by atoms with E-state index in [1.165, 1.54) is 0 Å². The fourth-order valence-corrected chi connectivity index (χ4v) is 1.55. The molecule has 84 valence electrons. The first-order valence-corrected chi connectivity index (χ1v) is 5.42. The molecule has 1 atom stereocenters. The zero-order valence-electron chi connectivity index (χ0n) is 10.1. The van der Waals surface area contributed by atoms with Gasteiger partial charge in [0.15, 0.2) is 0 Å². The number of carbonyl (C=O) groups excluding carboxylic acids is 1. The van der Waals surface area contributed by atoms with E-state index < -0.39 is 0 Å². The van der Waals surface area contributed by atoms with E-state index in [9.17, 15) is 4.79 Å². The Bertz CT molecular complexity index is 159. The fraction of sp³-hybridized carbons (Fsp3) is 0.909. The van der Waals surface area contributed by atoms with E-state index in [2.05, 4.69) is 38.2 Å². The highest BCUT2D eigenvalue weighted by atomic mass is 16.1. The van der Waals surface area contributed by atoms with Crippen LogP contribution in [-0.4, -0.2) is 37.5 Å². The average Bonchev–Trinajstić information content (AvgIpc) is 2.03. The van der Waals surface area contributed by atoms with Crippen LogP contribution in [0.5, 0.6) is 0 Å². The predicted molar refractivity (Wildman–Crippen MR) is 60.2 cm³/mol. The Balaban J connectivity index is 3.88. The van der Waals surface area contributed by atoms with Gasteiger partial charge in [-0.25, -0.2) is 0 Å². The van der Waals surface area contributed by atoms with Crippen LogP contribution in [-0.2, 0) is 4.79 Å². The Morgan fingerprint density at radius 1 is 1.36 bits per heavy atom. The first-order chi connectivity index (χ1) is 6.49. The maximum absolute atomic E-state index is 11.3. The molecule has 1 N–H and O–H groups in total. The summed E-state index contributed by atoms with van der Waals surface area (Å²) >= 11 is 0. The molecule has 0 saturated carbocycles. The summed E-state index contributed by atoms with van der Waals surface area (Å²) in [6, 6.07) is 0.427. The molecule has 1 amide bonds. The molecule has 0 aliphatic heterocycles. The average molecular weight is 200 g/mol. The van der Waals surface area contributed by atoms with E-state index in [0.717, 1.165) is 13.0 Å². The van der Waals surface area contributed by atoms with E-state index in [4.69, 9.17) is 0 Å². The van der Waals surface area contributed by atoms with Crippen molar-refractivity contribution >= 4 is 5.91 Å². The van der Waals surface area contributed by atoms with Crippen molar-refractivity contribution in [3.05, 3.63) is 0 Å². The summed E-state index contributed by atoms with van der Waals surface area (Å²) in [7, 11) is 4.10. The molecule has 0 radical (unpaired) electrons. The standard InChI is InChI=1S/C11H24N2O/c1-6-7-11(14)12-8-10(9(2)3)13(4)5/h9-10H,6-8H2,1-5H3,(H,12,14). The molecule has 0 bridgehead atoms. The summed E-state index contributed by atoms with van der Waals surface area (Å²) in [5.74, 6) is 0.729. The number of hydrogen-bond donors (Lipinski definition) is 1. The third kappa shape index (κ3) is 5.22. The zero-order valence-corrected chi connectivity index (χ0v) is 10.1. The number of carbonyl (C=O) groups is 1. The van der Waals surface area contributed by atoms with Crippen LogP contribution >= 0.6 is 0 Å². The van der Waals surface area contributed by atoms with Crippen LogP contribution in [0.2, 0.25) is 0 Å². The molecular formula is C11H24N2O. The van der Waals surface area contributed by atoms with Gasteiger partial charge in [0.25, 0.3) is 0 Å². The lowest BCUT2D eigenvalue weighted by molar-refractivity contribution is -0.121. The molecule has 3 heteroatoms. The molecule has 0 aliphatic carbocycles. The maximum atomic E-state index is 11.3. The lowest BCUT2D eigenvalue weighted by atomic mass is 10.0. The van der Waals surface area contributed by atoms with Crippen LogP contribution in [0, 0.1) is 5.92 Å². The molecule has 0 aromatic carbocycles. The Morgan fingerprint density at radius 2 is 1.93 bits per heavy atom. The van der Waals surface area contributed by atoms with Crippen molar-refractivity contribution in [1.29, 1.82) is 0 Å². The lowest BCUT2D eigenvalue weighted by Gasteiger charge is -2.28. The largest absolute Gasteiger partial charge is 0.355 e. The van der Waals surface area contributed by atoms with Crippen molar-refractivity contribution in [3.8, 4) is 0 Å². The topological polar surface area (TPSA) is 32.3 Å². The van der Waals surface area contributed by atoms with Crippen molar-refractivity contribution in [3.63, 3.8) is 0 Å². The number of nitrogens with zero attached hydrogens (tertiary/aromatic N) is 1. The molecule has 0 aromatic heterocycles. The second-order valence-electron chi connectivity index (χ2n) is 4.33. The minimum absolute atomic E-state index is 0.167. The summed E-state index contributed by atoms with van der Waals surface area (Å²) in [5, 5.41) is 2.97. The molecule has 0 heterocycles. The van der Waals surface area contributed by atoms with Gasteiger partial charge < -0.3 is 10.2 Å². The summed E-state index contributed by atoms with van der Waals surface area (Å²) < 4.78 is 0. The van der Waals surface area contributed by atoms with Crippen LogP contribution in [0.1, 0.15) is 33.6 Å². The van der Waals surface area contributed by atoms with E-state index >= 15 is 0 Å². The van der Waals surface area contributed by atoms with E-state index in [1.807, 2.05) is 6.92 Å². The predicted octanol–water partition coefficient (Wildman–Crippen LogP) is 1.49. The zero-order chi connectivity index (χ0) is 11.1. The second-order valence-corrected chi connectivity index (χ2v) is 4.33. The quantitative estimate of drug-likeness (QED) is 0.704. The number of amides is 1. The molecule has 0 aliphatic rings. The molecule has 14 heavy (non-hydrogen) atoms. The van der Waals surface area contributed by atoms with Crippen LogP contribution in [0.3, 0.4) is 0 Å².